The van der Waals surface area contributed by atoms with Crippen molar-refractivity contribution in [3.8, 4) is 0 Å². The molecule has 5 heteroatoms. The van der Waals surface area contributed by atoms with Crippen LogP contribution in [0.4, 0.5) is 10.1 Å². The van der Waals surface area contributed by atoms with E-state index in [2.05, 4.69) is 5.32 Å². The summed E-state index contributed by atoms with van der Waals surface area (Å²) in [6.45, 7) is 1.89. The number of nitrogens with two attached hydrogens (primary N) is 1. The summed E-state index contributed by atoms with van der Waals surface area (Å²) in [5.74, 6) is 0.455. The smallest absolute Gasteiger partial charge is 0.227 e. The number of rotatable bonds is 2. The van der Waals surface area contributed by atoms with Crippen LogP contribution in [0.25, 0.3) is 0 Å². The van der Waals surface area contributed by atoms with Crippen LogP contribution in [0, 0.1) is 30.5 Å². The summed E-state index contributed by atoms with van der Waals surface area (Å²) in [5.41, 5.74) is 7.48. The standard InChI is InChI=1S/C17H23FN2O.ClH/c1-10-5-6-14(18)15(7-10)20-17(21)13-8-11-3-2-4-12(9-13)16(11)19;/h5-7,11-13,16H,2-4,8-9,19H2,1H3,(H,20,21);1H. The number of hydrogen-bond donors (Lipinski definition) is 2. The average molecular weight is 327 g/mol. The fourth-order valence-electron chi connectivity index (χ4n) is 3.97. The lowest BCUT2D eigenvalue weighted by atomic mass is 9.65. The number of fused-ring (bicyclic) bond motifs is 2. The third-order valence-electron chi connectivity index (χ3n) is 5.16. The number of carbonyl (C=O) groups excluding carboxylic acids is 1. The lowest BCUT2D eigenvalue weighted by Gasteiger charge is -2.43. The van der Waals surface area contributed by atoms with E-state index in [4.69, 9.17) is 5.73 Å². The Labute approximate surface area is 137 Å². The van der Waals surface area contributed by atoms with Gasteiger partial charge >= 0.3 is 0 Å². The molecule has 3 nitrogen and oxygen atoms in total. The number of hydrogen-bond acceptors (Lipinski definition) is 2. The van der Waals surface area contributed by atoms with Gasteiger partial charge in [-0.2, -0.15) is 0 Å². The quantitative estimate of drug-likeness (QED) is 0.871. The second kappa shape index (κ2) is 6.97. The molecule has 3 N–H and O–H groups in total. The molecule has 2 unspecified atom stereocenters. The molecule has 2 saturated carbocycles. The van der Waals surface area contributed by atoms with Gasteiger partial charge in [-0.25, -0.2) is 4.39 Å². The van der Waals surface area contributed by atoms with E-state index < -0.39 is 0 Å². The number of amides is 1. The molecule has 122 valence electrons. The molecule has 2 aliphatic carbocycles. The van der Waals surface area contributed by atoms with Gasteiger partial charge in [0.2, 0.25) is 5.91 Å². The minimum absolute atomic E-state index is 0. The Morgan fingerprint density at radius 1 is 1.27 bits per heavy atom. The molecule has 1 aromatic carbocycles. The Morgan fingerprint density at radius 3 is 2.55 bits per heavy atom. The highest BCUT2D eigenvalue weighted by atomic mass is 35.5. The van der Waals surface area contributed by atoms with Crippen molar-refractivity contribution in [1.29, 1.82) is 0 Å². The molecule has 2 fully saturated rings. The number of aryl methyl sites for hydroxylation is 1. The molecule has 0 aliphatic heterocycles. The molecule has 22 heavy (non-hydrogen) atoms. The SMILES string of the molecule is Cc1ccc(F)c(NC(=O)C2CC3CCCC(C2)C3N)c1.Cl. The zero-order valence-corrected chi connectivity index (χ0v) is 13.7. The molecule has 0 spiro atoms. The first-order valence-corrected chi connectivity index (χ1v) is 7.87. The molecule has 2 aliphatic rings. The molecule has 1 amide bonds. The van der Waals surface area contributed by atoms with E-state index in [0.717, 1.165) is 31.2 Å². The highest BCUT2D eigenvalue weighted by molar-refractivity contribution is 5.92. The van der Waals surface area contributed by atoms with Crippen LogP contribution in [0.1, 0.15) is 37.7 Å². The first-order valence-electron chi connectivity index (χ1n) is 7.87. The molecule has 2 bridgehead atoms. The van der Waals surface area contributed by atoms with Crippen LogP contribution in [0.3, 0.4) is 0 Å². The molecule has 1 aromatic rings. The summed E-state index contributed by atoms with van der Waals surface area (Å²) in [6, 6.07) is 5.03. The van der Waals surface area contributed by atoms with Crippen LogP contribution in [0.5, 0.6) is 0 Å². The Kier molecular flexibility index (Phi) is 5.45. The van der Waals surface area contributed by atoms with Gasteiger partial charge in [-0.1, -0.05) is 12.5 Å². The van der Waals surface area contributed by atoms with E-state index in [9.17, 15) is 9.18 Å². The molecule has 0 saturated heterocycles. The molecule has 0 radical (unpaired) electrons. The summed E-state index contributed by atoms with van der Waals surface area (Å²) in [6.07, 6.45) is 5.16. The van der Waals surface area contributed by atoms with E-state index in [0.29, 0.717) is 17.5 Å². The fourth-order valence-corrected chi connectivity index (χ4v) is 3.97. The number of carbonyl (C=O) groups is 1. The highest BCUT2D eigenvalue weighted by Crippen LogP contribution is 2.42. The van der Waals surface area contributed by atoms with Crippen molar-refractivity contribution < 1.29 is 9.18 Å². The molecular formula is C17H24ClFN2O. The van der Waals surface area contributed by atoms with Gasteiger partial charge in [0, 0.05) is 12.0 Å². The highest BCUT2D eigenvalue weighted by Gasteiger charge is 2.40. The number of benzene rings is 1. The van der Waals surface area contributed by atoms with Gasteiger partial charge < -0.3 is 11.1 Å². The van der Waals surface area contributed by atoms with Crippen molar-refractivity contribution in [3.63, 3.8) is 0 Å². The summed E-state index contributed by atoms with van der Waals surface area (Å²) >= 11 is 0. The maximum atomic E-state index is 13.8. The first-order chi connectivity index (χ1) is 10.0. The zero-order valence-electron chi connectivity index (χ0n) is 12.8. The predicted molar refractivity (Wildman–Crippen MR) is 88.5 cm³/mol. The lowest BCUT2D eigenvalue weighted by molar-refractivity contribution is -0.122. The Bertz CT molecular complexity index is 537. The first kappa shape index (κ1) is 17.2. The number of halogens is 2. The molecule has 0 aromatic heterocycles. The molecule has 0 heterocycles. The Morgan fingerprint density at radius 2 is 1.91 bits per heavy atom. The second-order valence-electron chi connectivity index (χ2n) is 6.67. The van der Waals surface area contributed by atoms with Crippen molar-refractivity contribution >= 4 is 24.0 Å². The summed E-state index contributed by atoms with van der Waals surface area (Å²) < 4.78 is 13.8. The van der Waals surface area contributed by atoms with Gasteiger partial charge in [0.1, 0.15) is 5.82 Å². The zero-order chi connectivity index (χ0) is 15.0. The van der Waals surface area contributed by atoms with Crippen LogP contribution in [-0.2, 0) is 4.79 Å². The lowest BCUT2D eigenvalue weighted by Crippen LogP contribution is -2.48. The maximum absolute atomic E-state index is 13.8. The van der Waals surface area contributed by atoms with Crippen molar-refractivity contribution in [3.05, 3.63) is 29.6 Å². The predicted octanol–water partition coefficient (Wildman–Crippen LogP) is 3.65. The molecule has 3 rings (SSSR count). The van der Waals surface area contributed by atoms with Gasteiger partial charge in [-0.15, -0.1) is 12.4 Å². The van der Waals surface area contributed by atoms with Gasteiger partial charge in [0.25, 0.3) is 0 Å². The van der Waals surface area contributed by atoms with Crippen molar-refractivity contribution in [1.82, 2.24) is 0 Å². The summed E-state index contributed by atoms with van der Waals surface area (Å²) in [5, 5.41) is 2.77. The monoisotopic (exact) mass is 326 g/mol. The third kappa shape index (κ3) is 3.44. The van der Waals surface area contributed by atoms with Gasteiger partial charge in [-0.3, -0.25) is 4.79 Å². The van der Waals surface area contributed by atoms with E-state index in [1.54, 1.807) is 12.1 Å². The Hall–Kier alpha value is -1.13. The van der Waals surface area contributed by atoms with Crippen molar-refractivity contribution in [2.24, 2.45) is 23.5 Å². The Balaban J connectivity index is 0.00000176. The van der Waals surface area contributed by atoms with Crippen LogP contribution in [0.2, 0.25) is 0 Å². The van der Waals surface area contributed by atoms with Crippen molar-refractivity contribution in [2.75, 3.05) is 5.32 Å². The number of nitrogens with one attached hydrogen (secondary N) is 1. The van der Waals surface area contributed by atoms with Gasteiger partial charge in [-0.05, 0) is 62.1 Å². The summed E-state index contributed by atoms with van der Waals surface area (Å²) in [7, 11) is 0. The normalized spacial score (nSPS) is 30.3. The van der Waals surface area contributed by atoms with Crippen LogP contribution < -0.4 is 11.1 Å². The largest absolute Gasteiger partial charge is 0.327 e. The van der Waals surface area contributed by atoms with Crippen LogP contribution in [-0.4, -0.2) is 11.9 Å². The fraction of sp³-hybridized carbons (Fsp3) is 0.588. The second-order valence-corrected chi connectivity index (χ2v) is 6.67. The van der Waals surface area contributed by atoms with Gasteiger partial charge in [0.15, 0.2) is 0 Å². The van der Waals surface area contributed by atoms with Crippen LogP contribution >= 0.6 is 12.4 Å². The molecular weight excluding hydrogens is 303 g/mol. The minimum atomic E-state index is -0.373. The summed E-state index contributed by atoms with van der Waals surface area (Å²) in [4.78, 5) is 12.5. The molecule has 2 atom stereocenters. The maximum Gasteiger partial charge on any atom is 0.227 e. The van der Waals surface area contributed by atoms with E-state index >= 15 is 0 Å². The van der Waals surface area contributed by atoms with Crippen LogP contribution in [0.15, 0.2) is 18.2 Å². The topological polar surface area (TPSA) is 55.1 Å². The van der Waals surface area contributed by atoms with Gasteiger partial charge in [0.05, 0.1) is 5.69 Å². The number of anilines is 1. The average Bonchev–Trinajstić information content (AvgIpc) is 2.42. The van der Waals surface area contributed by atoms with Crippen molar-refractivity contribution in [2.45, 2.75) is 45.1 Å². The van der Waals surface area contributed by atoms with E-state index in [-0.39, 0.29) is 36.1 Å². The minimum Gasteiger partial charge on any atom is -0.327 e. The van der Waals surface area contributed by atoms with E-state index in [1.165, 1.54) is 12.5 Å². The van der Waals surface area contributed by atoms with E-state index in [1.807, 2.05) is 6.92 Å². The third-order valence-corrected chi connectivity index (χ3v) is 5.16.